The van der Waals surface area contributed by atoms with Crippen LogP contribution in [0.5, 0.6) is 5.06 Å². The van der Waals surface area contributed by atoms with Crippen LogP contribution in [0, 0.1) is 12.1 Å². The lowest BCUT2D eigenvalue weighted by atomic mass is 10.3. The highest BCUT2D eigenvalue weighted by atomic mass is 32.1. The summed E-state index contributed by atoms with van der Waals surface area (Å²) in [6, 6.07) is 5.01. The minimum absolute atomic E-state index is 0.320. The van der Waals surface area contributed by atoms with E-state index in [1.54, 1.807) is 25.1 Å². The Hall–Kier alpha value is -2.15. The molecule has 0 unspecified atom stereocenters. The number of hydrogen-bond donors (Lipinski definition) is 0. The molecule has 0 radical (unpaired) electrons. The molecule has 0 fully saturated rings. The van der Waals surface area contributed by atoms with Crippen molar-refractivity contribution in [2.24, 2.45) is 0 Å². The fourth-order valence-corrected chi connectivity index (χ4v) is 2.22. The largest absolute Gasteiger partial charge is 0.618 e. The van der Waals surface area contributed by atoms with Crippen molar-refractivity contribution >= 4 is 17.5 Å². The molecule has 2 heterocycles. The van der Waals surface area contributed by atoms with Gasteiger partial charge in [0.2, 0.25) is 5.06 Å². The van der Waals surface area contributed by atoms with Crippen molar-refractivity contribution in [2.45, 2.75) is 6.92 Å². The fourth-order valence-electron chi connectivity index (χ4n) is 1.30. The zero-order valence-electron chi connectivity index (χ0n) is 9.75. The number of thiazole rings is 1. The Morgan fingerprint density at radius 1 is 1.50 bits per heavy atom. The van der Waals surface area contributed by atoms with E-state index in [1.807, 2.05) is 0 Å². The van der Waals surface area contributed by atoms with Crippen LogP contribution in [0.2, 0.25) is 0 Å². The summed E-state index contributed by atoms with van der Waals surface area (Å²) < 4.78 is 10.0. The third kappa shape index (κ3) is 2.40. The smallest absolute Gasteiger partial charge is 0.514 e. The van der Waals surface area contributed by atoms with Gasteiger partial charge in [0.1, 0.15) is 0 Å². The summed E-state index contributed by atoms with van der Waals surface area (Å²) in [4.78, 5) is 15.2. The van der Waals surface area contributed by atoms with E-state index in [0.717, 1.165) is 11.3 Å². The third-order valence-corrected chi connectivity index (χ3v) is 3.20. The lowest BCUT2D eigenvalue weighted by molar-refractivity contribution is -0.593. The van der Waals surface area contributed by atoms with Gasteiger partial charge in [0.15, 0.2) is 11.2 Å². The molecule has 0 aliphatic heterocycles. The van der Waals surface area contributed by atoms with Gasteiger partial charge in [-0.15, -0.1) is 0 Å². The number of carbonyl (C=O) groups excluding carboxylic acids is 1. The summed E-state index contributed by atoms with van der Waals surface area (Å²) in [5.41, 5.74) is 0.939. The van der Waals surface area contributed by atoms with Crippen molar-refractivity contribution in [3.05, 3.63) is 35.3 Å². The number of rotatable bonds is 2. The lowest BCUT2D eigenvalue weighted by Crippen LogP contribution is -2.27. The molecule has 94 valence electrons. The van der Waals surface area contributed by atoms with Crippen LogP contribution in [0.25, 0.3) is 10.7 Å². The molecule has 0 bridgehead atoms. The maximum Gasteiger partial charge on any atom is 0.514 e. The van der Waals surface area contributed by atoms with Crippen LogP contribution in [0.3, 0.4) is 0 Å². The Kier molecular flexibility index (Phi) is 3.42. The average molecular weight is 266 g/mol. The zero-order valence-corrected chi connectivity index (χ0v) is 10.6. The number of hydrogen-bond acceptors (Lipinski definition) is 6. The molecule has 6 nitrogen and oxygen atoms in total. The number of nitrogens with zero attached hydrogens (tertiary/aromatic N) is 2. The van der Waals surface area contributed by atoms with Crippen molar-refractivity contribution in [1.29, 1.82) is 0 Å². The highest BCUT2D eigenvalue weighted by Gasteiger charge is 2.18. The minimum Gasteiger partial charge on any atom is -0.618 e. The average Bonchev–Trinajstić information content (AvgIpc) is 2.71. The second-order valence-electron chi connectivity index (χ2n) is 3.36. The molecule has 0 aliphatic carbocycles. The van der Waals surface area contributed by atoms with Crippen LogP contribution in [0.4, 0.5) is 4.79 Å². The van der Waals surface area contributed by atoms with Crippen LogP contribution < -0.4 is 9.47 Å². The molecule has 0 atom stereocenters. The van der Waals surface area contributed by atoms with Crippen LogP contribution in [0.1, 0.15) is 5.69 Å². The zero-order chi connectivity index (χ0) is 13.1. The minimum atomic E-state index is -0.809. The molecule has 0 spiro atoms. The molecule has 2 rings (SSSR count). The van der Waals surface area contributed by atoms with Gasteiger partial charge >= 0.3 is 6.16 Å². The summed E-state index contributed by atoms with van der Waals surface area (Å²) in [7, 11) is 1.22. The number of carbonyl (C=O) groups is 1. The number of methoxy groups -OCH3 is 1. The lowest BCUT2D eigenvalue weighted by Gasteiger charge is -1.99. The molecule has 0 aromatic carbocycles. The van der Waals surface area contributed by atoms with Crippen molar-refractivity contribution in [1.82, 2.24) is 4.98 Å². The standard InChI is InChI=1S/C11H10N2O4S/c1-7-10(17-11(14)16-2)18-9(12-7)8-5-3-4-6-13(8)15/h3-6H,1-2H3. The number of ether oxygens (including phenoxy) is 2. The molecular formula is C11H10N2O4S. The van der Waals surface area contributed by atoms with Gasteiger partial charge in [-0.25, -0.2) is 9.78 Å². The Morgan fingerprint density at radius 2 is 2.28 bits per heavy atom. The van der Waals surface area contributed by atoms with E-state index in [4.69, 9.17) is 4.74 Å². The van der Waals surface area contributed by atoms with E-state index in [-0.39, 0.29) is 0 Å². The quantitative estimate of drug-likeness (QED) is 0.471. The molecular weight excluding hydrogens is 256 g/mol. The first kappa shape index (κ1) is 12.3. The summed E-state index contributed by atoms with van der Waals surface area (Å²) in [5, 5.41) is 12.4. The van der Waals surface area contributed by atoms with E-state index < -0.39 is 6.16 Å². The van der Waals surface area contributed by atoms with Crippen molar-refractivity contribution in [2.75, 3.05) is 7.11 Å². The van der Waals surface area contributed by atoms with Crippen molar-refractivity contribution in [3.8, 4) is 15.8 Å². The summed E-state index contributed by atoms with van der Waals surface area (Å²) in [6.45, 7) is 1.69. The Labute approximate surface area is 107 Å². The molecule has 0 saturated carbocycles. The molecule has 18 heavy (non-hydrogen) atoms. The van der Waals surface area contributed by atoms with Crippen LogP contribution in [-0.2, 0) is 4.74 Å². The van der Waals surface area contributed by atoms with Gasteiger partial charge in [0.05, 0.1) is 12.8 Å². The Balaban J connectivity index is 2.34. The van der Waals surface area contributed by atoms with E-state index in [2.05, 4.69) is 9.72 Å². The number of aryl methyl sites for hydroxylation is 1. The number of aromatic nitrogens is 2. The molecule has 2 aromatic rings. The Bertz CT molecular complexity index is 582. The first-order valence-electron chi connectivity index (χ1n) is 5.03. The molecule has 0 saturated heterocycles. The van der Waals surface area contributed by atoms with Gasteiger partial charge < -0.3 is 14.7 Å². The first-order valence-corrected chi connectivity index (χ1v) is 5.85. The van der Waals surface area contributed by atoms with E-state index in [0.29, 0.717) is 26.2 Å². The van der Waals surface area contributed by atoms with Gasteiger partial charge in [-0.1, -0.05) is 11.3 Å². The maximum atomic E-state index is 11.6. The fraction of sp³-hybridized carbons (Fsp3) is 0.182. The topological polar surface area (TPSA) is 75.4 Å². The molecule has 0 N–H and O–H groups in total. The predicted molar refractivity (Wildman–Crippen MR) is 64.3 cm³/mol. The van der Waals surface area contributed by atoms with Gasteiger partial charge in [-0.3, -0.25) is 0 Å². The van der Waals surface area contributed by atoms with E-state index in [1.165, 1.54) is 13.3 Å². The predicted octanol–water partition coefficient (Wildman–Crippen LogP) is 1.90. The third-order valence-electron chi connectivity index (χ3n) is 2.14. The summed E-state index contributed by atoms with van der Waals surface area (Å²) >= 11 is 1.12. The molecule has 0 aliphatic rings. The van der Waals surface area contributed by atoms with Crippen molar-refractivity contribution < 1.29 is 19.0 Å². The van der Waals surface area contributed by atoms with Crippen molar-refractivity contribution in [3.63, 3.8) is 0 Å². The highest BCUT2D eigenvalue weighted by molar-refractivity contribution is 7.16. The molecule has 2 aromatic heterocycles. The summed E-state index contributed by atoms with van der Waals surface area (Å²) in [6.07, 6.45) is 0.573. The Morgan fingerprint density at radius 3 is 2.94 bits per heavy atom. The highest BCUT2D eigenvalue weighted by Crippen LogP contribution is 2.32. The van der Waals surface area contributed by atoms with Gasteiger partial charge in [-0.2, -0.15) is 4.73 Å². The number of pyridine rings is 1. The van der Waals surface area contributed by atoms with Gasteiger partial charge in [0, 0.05) is 12.1 Å². The van der Waals surface area contributed by atoms with Crippen LogP contribution in [-0.4, -0.2) is 18.2 Å². The van der Waals surface area contributed by atoms with Gasteiger partial charge in [0.25, 0.3) is 5.69 Å². The second-order valence-corrected chi connectivity index (χ2v) is 4.32. The van der Waals surface area contributed by atoms with Crippen LogP contribution >= 0.6 is 11.3 Å². The first-order chi connectivity index (χ1) is 8.61. The molecule has 7 heteroatoms. The summed E-state index contributed by atoms with van der Waals surface area (Å²) in [5.74, 6) is 0. The van der Waals surface area contributed by atoms with Gasteiger partial charge in [-0.05, 0) is 13.0 Å². The monoisotopic (exact) mass is 266 g/mol. The van der Waals surface area contributed by atoms with E-state index >= 15 is 0 Å². The van der Waals surface area contributed by atoms with E-state index in [9.17, 15) is 10.0 Å². The maximum absolute atomic E-state index is 11.6. The SMILES string of the molecule is COC(=O)Oc1sc(-c2cccc[n+]2[O-])nc1C. The molecule has 0 amide bonds. The second kappa shape index (κ2) is 5.01. The normalized spacial score (nSPS) is 10.1. The van der Waals surface area contributed by atoms with Crippen LogP contribution in [0.15, 0.2) is 24.4 Å².